The zero-order valence-corrected chi connectivity index (χ0v) is 14.2. The number of sulfone groups is 1. The van der Waals surface area contributed by atoms with Crippen LogP contribution in [0.2, 0.25) is 0 Å². The van der Waals surface area contributed by atoms with Gasteiger partial charge in [0.2, 0.25) is 0 Å². The van der Waals surface area contributed by atoms with Crippen LogP contribution in [0.4, 0.5) is 0 Å². The summed E-state index contributed by atoms with van der Waals surface area (Å²) in [7, 11) is -3.85. The predicted octanol–water partition coefficient (Wildman–Crippen LogP) is 2.03. The number of carboxylic acids is 1. The molecule has 0 aromatic heterocycles. The van der Waals surface area contributed by atoms with Gasteiger partial charge in [-0.05, 0) is 31.5 Å². The van der Waals surface area contributed by atoms with Gasteiger partial charge in [-0.3, -0.25) is 4.79 Å². The summed E-state index contributed by atoms with van der Waals surface area (Å²) < 4.78 is 25.9. The normalized spacial score (nSPS) is 26.1. The second kappa shape index (κ2) is 5.43. The van der Waals surface area contributed by atoms with Gasteiger partial charge in [-0.25, -0.2) is 8.42 Å². The van der Waals surface area contributed by atoms with Crippen molar-refractivity contribution < 1.29 is 18.3 Å². The molecule has 6 heteroatoms. The van der Waals surface area contributed by atoms with Crippen LogP contribution >= 0.6 is 0 Å². The summed E-state index contributed by atoms with van der Waals surface area (Å²) in [5.41, 5.74) is 6.78. The van der Waals surface area contributed by atoms with E-state index >= 15 is 0 Å². The highest BCUT2D eigenvalue weighted by atomic mass is 32.2. The van der Waals surface area contributed by atoms with Crippen LogP contribution in [-0.2, 0) is 14.6 Å². The minimum atomic E-state index is -3.85. The fraction of sp³-hybridized carbons (Fsp3) is 0.278. The average Bonchev–Trinajstić information content (AvgIpc) is 3.17. The Balaban J connectivity index is 2.06. The second-order valence-electron chi connectivity index (χ2n) is 6.41. The van der Waals surface area contributed by atoms with E-state index in [1.165, 1.54) is 12.1 Å². The number of aliphatic carboxylic acids is 1. The van der Waals surface area contributed by atoms with Gasteiger partial charge in [0.1, 0.15) is 10.8 Å². The summed E-state index contributed by atoms with van der Waals surface area (Å²) in [5.74, 6) is -2.06. The minimum absolute atomic E-state index is 0.101. The van der Waals surface area contributed by atoms with Crippen molar-refractivity contribution in [1.82, 2.24) is 0 Å². The molecule has 0 spiro atoms. The third kappa shape index (κ3) is 2.42. The highest BCUT2D eigenvalue weighted by Gasteiger charge is 2.74. The summed E-state index contributed by atoms with van der Waals surface area (Å²) in [5, 5.41) is 8.36. The van der Waals surface area contributed by atoms with Gasteiger partial charge in [-0.15, -0.1) is 0 Å². The van der Waals surface area contributed by atoms with Crippen molar-refractivity contribution >= 4 is 15.8 Å². The van der Waals surface area contributed by atoms with Crippen LogP contribution in [0.1, 0.15) is 22.6 Å². The molecule has 0 aliphatic heterocycles. The zero-order chi connectivity index (χ0) is 17.7. The van der Waals surface area contributed by atoms with Crippen LogP contribution < -0.4 is 5.73 Å². The number of hydrogen-bond donors (Lipinski definition) is 2. The number of carboxylic acid groups (broad SMARTS) is 1. The van der Waals surface area contributed by atoms with Crippen LogP contribution in [0.15, 0.2) is 53.4 Å². The molecule has 0 heterocycles. The first-order valence-corrected chi connectivity index (χ1v) is 9.13. The second-order valence-corrected chi connectivity index (χ2v) is 8.47. The van der Waals surface area contributed by atoms with Crippen LogP contribution in [0.5, 0.6) is 0 Å². The van der Waals surface area contributed by atoms with E-state index in [0.717, 1.165) is 11.1 Å². The quantitative estimate of drug-likeness (QED) is 0.883. The molecule has 1 fully saturated rings. The number of carbonyl (C=O) groups is 1. The molecular weight excluding hydrogens is 326 g/mol. The first-order chi connectivity index (χ1) is 11.2. The van der Waals surface area contributed by atoms with E-state index in [4.69, 9.17) is 5.73 Å². The molecule has 3 rings (SSSR count). The Morgan fingerprint density at radius 2 is 1.46 bits per heavy atom. The van der Waals surface area contributed by atoms with E-state index in [2.05, 4.69) is 0 Å². The van der Waals surface area contributed by atoms with Crippen molar-refractivity contribution in [3.8, 4) is 0 Å². The maximum absolute atomic E-state index is 12.9. The largest absolute Gasteiger partial charge is 0.480 e. The van der Waals surface area contributed by atoms with Crippen LogP contribution in [0, 0.1) is 13.8 Å². The average molecular weight is 345 g/mol. The van der Waals surface area contributed by atoms with Gasteiger partial charge in [-0.1, -0.05) is 47.5 Å². The Kier molecular flexibility index (Phi) is 3.77. The third-order valence-corrected chi connectivity index (χ3v) is 6.93. The molecular formula is C18H19NO4S. The topological polar surface area (TPSA) is 97.5 Å². The fourth-order valence-corrected chi connectivity index (χ4v) is 5.40. The van der Waals surface area contributed by atoms with Crippen molar-refractivity contribution in [2.75, 3.05) is 0 Å². The molecule has 5 nitrogen and oxygen atoms in total. The Morgan fingerprint density at radius 3 is 1.92 bits per heavy atom. The van der Waals surface area contributed by atoms with Gasteiger partial charge in [0.25, 0.3) is 0 Å². The van der Waals surface area contributed by atoms with E-state index in [0.29, 0.717) is 5.56 Å². The summed E-state index contributed by atoms with van der Waals surface area (Å²) >= 11 is 0. The third-order valence-electron chi connectivity index (χ3n) is 4.67. The van der Waals surface area contributed by atoms with Crippen molar-refractivity contribution in [3.63, 3.8) is 0 Å². The van der Waals surface area contributed by atoms with Gasteiger partial charge in [0.15, 0.2) is 9.84 Å². The standard InChI is InChI=1S/C18H19NO4S/c1-11-3-7-13(8-4-11)15-16(18(15,19)17(20)21)24(22,23)14-9-5-12(2)6-10-14/h3-10,15-16H,19H2,1-2H3,(H,20,21). The lowest BCUT2D eigenvalue weighted by atomic mass is 10.1. The molecule has 0 saturated heterocycles. The Morgan fingerprint density at radius 1 is 1.00 bits per heavy atom. The van der Waals surface area contributed by atoms with Gasteiger partial charge < -0.3 is 10.8 Å². The molecule has 1 aliphatic rings. The number of benzene rings is 2. The van der Waals surface area contributed by atoms with Crippen LogP contribution in [-0.4, -0.2) is 30.3 Å². The molecule has 1 aliphatic carbocycles. The summed E-state index contributed by atoms with van der Waals surface area (Å²) in [6, 6.07) is 13.5. The molecule has 0 radical (unpaired) electrons. The lowest BCUT2D eigenvalue weighted by molar-refractivity contribution is -0.139. The fourth-order valence-electron chi connectivity index (χ4n) is 3.16. The van der Waals surface area contributed by atoms with Crippen molar-refractivity contribution in [2.24, 2.45) is 5.73 Å². The number of hydrogen-bond acceptors (Lipinski definition) is 4. The van der Waals surface area contributed by atoms with Crippen molar-refractivity contribution in [1.29, 1.82) is 0 Å². The lowest BCUT2D eigenvalue weighted by Gasteiger charge is -2.07. The van der Waals surface area contributed by atoms with E-state index in [1.54, 1.807) is 24.3 Å². The van der Waals surface area contributed by atoms with Gasteiger partial charge in [0.05, 0.1) is 4.90 Å². The molecule has 126 valence electrons. The molecule has 1 saturated carbocycles. The van der Waals surface area contributed by atoms with E-state index < -0.39 is 32.5 Å². The predicted molar refractivity (Wildman–Crippen MR) is 90.6 cm³/mol. The van der Waals surface area contributed by atoms with Crippen molar-refractivity contribution in [3.05, 3.63) is 65.2 Å². The highest BCUT2D eigenvalue weighted by Crippen LogP contribution is 2.55. The molecule has 0 amide bonds. The Hall–Kier alpha value is -2.18. The first-order valence-electron chi connectivity index (χ1n) is 7.58. The van der Waals surface area contributed by atoms with Crippen molar-refractivity contribution in [2.45, 2.75) is 35.4 Å². The smallest absolute Gasteiger partial charge is 0.325 e. The molecule has 2 aromatic rings. The molecule has 3 unspecified atom stereocenters. The van der Waals surface area contributed by atoms with Gasteiger partial charge >= 0.3 is 5.97 Å². The maximum Gasteiger partial charge on any atom is 0.325 e. The minimum Gasteiger partial charge on any atom is -0.480 e. The first kappa shape index (κ1) is 16.7. The Labute approximate surface area is 141 Å². The Bertz CT molecular complexity index is 888. The van der Waals surface area contributed by atoms with Crippen LogP contribution in [0.25, 0.3) is 0 Å². The zero-order valence-electron chi connectivity index (χ0n) is 13.4. The highest BCUT2D eigenvalue weighted by molar-refractivity contribution is 7.92. The number of nitrogens with two attached hydrogens (primary N) is 1. The molecule has 24 heavy (non-hydrogen) atoms. The molecule has 2 aromatic carbocycles. The lowest BCUT2D eigenvalue weighted by Crippen LogP contribution is -2.39. The summed E-state index contributed by atoms with van der Waals surface area (Å²) in [6.45, 7) is 3.76. The summed E-state index contributed by atoms with van der Waals surface area (Å²) in [6.07, 6.45) is 0. The molecule has 0 bridgehead atoms. The van der Waals surface area contributed by atoms with Crippen LogP contribution in [0.3, 0.4) is 0 Å². The summed E-state index contributed by atoms with van der Waals surface area (Å²) in [4.78, 5) is 11.8. The van der Waals surface area contributed by atoms with E-state index in [-0.39, 0.29) is 4.90 Å². The monoisotopic (exact) mass is 345 g/mol. The van der Waals surface area contributed by atoms with Gasteiger partial charge in [0, 0.05) is 5.92 Å². The maximum atomic E-state index is 12.9. The van der Waals surface area contributed by atoms with E-state index in [9.17, 15) is 18.3 Å². The SMILES string of the molecule is Cc1ccc(C2C(S(=O)(=O)c3ccc(C)cc3)C2(N)C(=O)O)cc1. The molecule has 3 atom stereocenters. The number of aryl methyl sites for hydroxylation is 2. The number of rotatable bonds is 4. The van der Waals surface area contributed by atoms with E-state index in [1.807, 2.05) is 26.0 Å². The molecule has 3 N–H and O–H groups in total. The van der Waals surface area contributed by atoms with Gasteiger partial charge in [-0.2, -0.15) is 0 Å².